The summed E-state index contributed by atoms with van der Waals surface area (Å²) in [5.74, 6) is 0.607. The van der Waals surface area contributed by atoms with Crippen LogP contribution in [0.15, 0.2) is 29.8 Å². The van der Waals surface area contributed by atoms with Gasteiger partial charge < -0.3 is 9.47 Å². The lowest BCUT2D eigenvalue weighted by Crippen LogP contribution is -2.10. The maximum absolute atomic E-state index is 12.1. The van der Waals surface area contributed by atoms with Crippen LogP contribution in [0, 0.1) is 0 Å². The number of hydrogen-bond donors (Lipinski definition) is 0. The average molecular weight is 288 g/mol. The molecule has 4 heteroatoms. The molecule has 0 N–H and O–H groups in total. The normalized spacial score (nSPS) is 15.6. The summed E-state index contributed by atoms with van der Waals surface area (Å²) in [6.45, 7) is 2.12. The van der Waals surface area contributed by atoms with Crippen molar-refractivity contribution in [1.82, 2.24) is 0 Å². The Balaban J connectivity index is 2.42. The summed E-state index contributed by atoms with van der Waals surface area (Å²) in [5, 5.41) is 0. The molecule has 0 heterocycles. The van der Waals surface area contributed by atoms with Gasteiger partial charge in [-0.25, -0.2) is 4.79 Å². The molecule has 1 aromatic rings. The molecule has 4 nitrogen and oxygen atoms in total. The largest absolute Gasteiger partial charge is 0.497 e. The van der Waals surface area contributed by atoms with Crippen LogP contribution in [0.2, 0.25) is 0 Å². The van der Waals surface area contributed by atoms with Crippen molar-refractivity contribution in [3.05, 3.63) is 35.4 Å². The Kier molecular flexibility index (Phi) is 5.14. The van der Waals surface area contributed by atoms with Crippen molar-refractivity contribution >= 4 is 17.3 Å². The Morgan fingerprint density at radius 3 is 2.52 bits per heavy atom. The summed E-state index contributed by atoms with van der Waals surface area (Å²) >= 11 is 0. The standard InChI is InChI=1S/C17H20O4/c1-3-21-17(19)15-6-4-5-13(18)11-16(15)12-7-9-14(20-2)10-8-12/h7-10H,3-6,11H2,1-2H3. The number of esters is 1. The summed E-state index contributed by atoms with van der Waals surface area (Å²) in [6.07, 6.45) is 2.10. The first-order valence-corrected chi connectivity index (χ1v) is 7.21. The summed E-state index contributed by atoms with van der Waals surface area (Å²) < 4.78 is 10.3. The van der Waals surface area contributed by atoms with Gasteiger partial charge in [0.15, 0.2) is 0 Å². The van der Waals surface area contributed by atoms with Crippen LogP contribution < -0.4 is 4.74 Å². The third kappa shape index (κ3) is 3.72. The van der Waals surface area contributed by atoms with E-state index in [1.807, 2.05) is 24.3 Å². The Bertz CT molecular complexity index is 555. The zero-order valence-electron chi connectivity index (χ0n) is 12.5. The van der Waals surface area contributed by atoms with E-state index in [-0.39, 0.29) is 11.8 Å². The SMILES string of the molecule is CCOC(=O)C1=C(c2ccc(OC)cc2)CC(=O)CCC1. The Hall–Kier alpha value is -2.10. The molecule has 0 bridgehead atoms. The molecular weight excluding hydrogens is 268 g/mol. The molecule has 0 saturated heterocycles. The zero-order valence-corrected chi connectivity index (χ0v) is 12.5. The maximum Gasteiger partial charge on any atom is 0.334 e. The van der Waals surface area contributed by atoms with E-state index in [0.717, 1.165) is 16.9 Å². The van der Waals surface area contributed by atoms with Gasteiger partial charge in [-0.05, 0) is 43.0 Å². The van der Waals surface area contributed by atoms with Gasteiger partial charge >= 0.3 is 5.97 Å². The smallest absolute Gasteiger partial charge is 0.334 e. The van der Waals surface area contributed by atoms with Gasteiger partial charge in [0, 0.05) is 18.4 Å². The third-order valence-electron chi connectivity index (χ3n) is 3.58. The number of ketones is 1. The molecule has 2 rings (SSSR count). The Morgan fingerprint density at radius 1 is 1.19 bits per heavy atom. The van der Waals surface area contributed by atoms with E-state index < -0.39 is 0 Å². The van der Waals surface area contributed by atoms with E-state index in [1.54, 1.807) is 14.0 Å². The van der Waals surface area contributed by atoms with Crippen LogP contribution in [0.3, 0.4) is 0 Å². The number of Topliss-reactive ketones (excluding diaryl/α,β-unsaturated/α-hetero) is 1. The van der Waals surface area contributed by atoms with Gasteiger partial charge in [0.05, 0.1) is 13.7 Å². The lowest BCUT2D eigenvalue weighted by atomic mass is 9.95. The van der Waals surface area contributed by atoms with Crippen LogP contribution in [-0.2, 0) is 14.3 Å². The second-order valence-electron chi connectivity index (χ2n) is 4.98. The molecule has 112 valence electrons. The summed E-state index contributed by atoms with van der Waals surface area (Å²) in [4.78, 5) is 24.1. The summed E-state index contributed by atoms with van der Waals surface area (Å²) in [6, 6.07) is 7.43. The number of rotatable bonds is 4. The van der Waals surface area contributed by atoms with E-state index in [2.05, 4.69) is 0 Å². The first-order valence-electron chi connectivity index (χ1n) is 7.21. The number of hydrogen-bond acceptors (Lipinski definition) is 4. The molecule has 0 amide bonds. The number of carbonyl (C=O) groups is 2. The predicted molar refractivity (Wildman–Crippen MR) is 80.0 cm³/mol. The second kappa shape index (κ2) is 7.07. The monoisotopic (exact) mass is 288 g/mol. The molecule has 0 aliphatic heterocycles. The molecule has 0 atom stereocenters. The Labute approximate surface area is 124 Å². The van der Waals surface area contributed by atoms with Crippen LogP contribution in [0.4, 0.5) is 0 Å². The molecule has 0 saturated carbocycles. The van der Waals surface area contributed by atoms with E-state index in [9.17, 15) is 9.59 Å². The highest BCUT2D eigenvalue weighted by molar-refractivity contribution is 6.03. The van der Waals surface area contributed by atoms with Crippen LogP contribution in [-0.4, -0.2) is 25.5 Å². The highest BCUT2D eigenvalue weighted by Gasteiger charge is 2.23. The molecule has 0 radical (unpaired) electrons. The van der Waals surface area contributed by atoms with Gasteiger partial charge in [0.1, 0.15) is 11.5 Å². The maximum atomic E-state index is 12.1. The number of allylic oxidation sites excluding steroid dienone is 1. The van der Waals surface area contributed by atoms with Gasteiger partial charge in [-0.15, -0.1) is 0 Å². The van der Waals surface area contributed by atoms with Gasteiger partial charge in [0.2, 0.25) is 0 Å². The fourth-order valence-electron chi connectivity index (χ4n) is 2.52. The fourth-order valence-corrected chi connectivity index (χ4v) is 2.52. The molecule has 1 aromatic carbocycles. The summed E-state index contributed by atoms with van der Waals surface area (Å²) in [7, 11) is 1.60. The van der Waals surface area contributed by atoms with Crippen molar-refractivity contribution in [3.63, 3.8) is 0 Å². The Morgan fingerprint density at radius 2 is 1.90 bits per heavy atom. The molecule has 0 unspecified atom stereocenters. The quantitative estimate of drug-likeness (QED) is 0.799. The minimum absolute atomic E-state index is 0.167. The van der Waals surface area contributed by atoms with Crippen molar-refractivity contribution in [3.8, 4) is 5.75 Å². The van der Waals surface area contributed by atoms with Crippen molar-refractivity contribution < 1.29 is 19.1 Å². The summed E-state index contributed by atoms with van der Waals surface area (Å²) in [5.41, 5.74) is 2.31. The molecule has 0 fully saturated rings. The number of benzene rings is 1. The van der Waals surface area contributed by atoms with Gasteiger partial charge in [-0.1, -0.05) is 12.1 Å². The van der Waals surface area contributed by atoms with Crippen LogP contribution in [0.1, 0.15) is 38.2 Å². The van der Waals surface area contributed by atoms with E-state index in [0.29, 0.717) is 37.9 Å². The number of ether oxygens (including phenoxy) is 2. The minimum atomic E-state index is -0.307. The minimum Gasteiger partial charge on any atom is -0.497 e. The van der Waals surface area contributed by atoms with Crippen molar-refractivity contribution in [2.45, 2.75) is 32.6 Å². The highest BCUT2D eigenvalue weighted by Crippen LogP contribution is 2.31. The van der Waals surface area contributed by atoms with Gasteiger partial charge in [-0.2, -0.15) is 0 Å². The number of methoxy groups -OCH3 is 1. The van der Waals surface area contributed by atoms with Crippen LogP contribution in [0.5, 0.6) is 5.75 Å². The van der Waals surface area contributed by atoms with E-state index in [1.165, 1.54) is 0 Å². The molecule has 0 aromatic heterocycles. The van der Waals surface area contributed by atoms with E-state index in [4.69, 9.17) is 9.47 Å². The third-order valence-corrected chi connectivity index (χ3v) is 3.58. The first kappa shape index (κ1) is 15.3. The van der Waals surface area contributed by atoms with Crippen molar-refractivity contribution in [1.29, 1.82) is 0 Å². The average Bonchev–Trinajstić information content (AvgIpc) is 2.69. The van der Waals surface area contributed by atoms with Gasteiger partial charge in [-0.3, -0.25) is 4.79 Å². The van der Waals surface area contributed by atoms with Crippen LogP contribution >= 0.6 is 0 Å². The fraction of sp³-hybridized carbons (Fsp3) is 0.412. The second-order valence-corrected chi connectivity index (χ2v) is 4.98. The lowest BCUT2D eigenvalue weighted by molar-refractivity contribution is -0.138. The molecular formula is C17H20O4. The molecule has 21 heavy (non-hydrogen) atoms. The lowest BCUT2D eigenvalue weighted by Gasteiger charge is -2.12. The van der Waals surface area contributed by atoms with E-state index >= 15 is 0 Å². The number of carbonyl (C=O) groups excluding carboxylic acids is 2. The molecule has 1 aliphatic carbocycles. The topological polar surface area (TPSA) is 52.6 Å². The molecule has 1 aliphatic rings. The van der Waals surface area contributed by atoms with Gasteiger partial charge in [0.25, 0.3) is 0 Å². The van der Waals surface area contributed by atoms with Crippen LogP contribution in [0.25, 0.3) is 5.57 Å². The zero-order chi connectivity index (χ0) is 15.2. The van der Waals surface area contributed by atoms with Crippen molar-refractivity contribution in [2.75, 3.05) is 13.7 Å². The first-order chi connectivity index (χ1) is 10.2. The van der Waals surface area contributed by atoms with Crippen molar-refractivity contribution in [2.24, 2.45) is 0 Å². The molecule has 0 spiro atoms. The highest BCUT2D eigenvalue weighted by atomic mass is 16.5. The predicted octanol–water partition coefficient (Wildman–Crippen LogP) is 3.16.